The number of hydrogen-bond donors (Lipinski definition) is 1. The molecule has 1 N–H and O–H groups in total. The van der Waals surface area contributed by atoms with Crippen molar-refractivity contribution in [1.29, 1.82) is 0 Å². The number of carbonyl (C=O) groups is 1. The number of benzene rings is 1. The Morgan fingerprint density at radius 3 is 2.58 bits per heavy atom. The van der Waals surface area contributed by atoms with Gasteiger partial charge < -0.3 is 5.32 Å². The van der Waals surface area contributed by atoms with Gasteiger partial charge in [0.05, 0.1) is 11.6 Å². The van der Waals surface area contributed by atoms with Crippen molar-refractivity contribution < 1.29 is 18.0 Å². The van der Waals surface area contributed by atoms with Gasteiger partial charge in [-0.3, -0.25) is 9.20 Å². The second kappa shape index (κ2) is 9.03. The Morgan fingerprint density at radius 2 is 1.89 bits per heavy atom. The maximum absolute atomic E-state index is 13.1. The van der Waals surface area contributed by atoms with Crippen LogP contribution in [0.1, 0.15) is 52.2 Å². The molecular formula is C25H26F3N7O. The molecule has 5 rings (SSSR count). The van der Waals surface area contributed by atoms with Gasteiger partial charge >= 0.3 is 6.18 Å². The summed E-state index contributed by atoms with van der Waals surface area (Å²) < 4.78 is 42.6. The first kappa shape index (κ1) is 24.0. The lowest BCUT2D eigenvalue weighted by Crippen LogP contribution is -2.31. The minimum atomic E-state index is -4.22. The molecule has 8 nitrogen and oxygen atoms in total. The molecule has 1 amide bonds. The van der Waals surface area contributed by atoms with Gasteiger partial charge in [-0.2, -0.15) is 18.3 Å². The summed E-state index contributed by atoms with van der Waals surface area (Å²) in [6, 6.07) is 7.31. The molecule has 0 radical (unpaired) electrons. The number of imidazole rings is 1. The average Bonchev–Trinajstić information content (AvgIpc) is 3.43. The predicted octanol–water partition coefficient (Wildman–Crippen LogP) is 4.22. The number of rotatable bonds is 5. The van der Waals surface area contributed by atoms with Crippen LogP contribution in [0.4, 0.5) is 13.2 Å². The minimum Gasteiger partial charge on any atom is -0.347 e. The molecule has 1 unspecified atom stereocenters. The Balaban J connectivity index is 1.29. The van der Waals surface area contributed by atoms with Crippen molar-refractivity contribution in [2.24, 2.45) is 5.92 Å². The van der Waals surface area contributed by atoms with Gasteiger partial charge in [0, 0.05) is 37.0 Å². The van der Waals surface area contributed by atoms with Gasteiger partial charge in [0.2, 0.25) is 5.78 Å². The second-order valence-electron chi connectivity index (χ2n) is 9.13. The van der Waals surface area contributed by atoms with Crippen LogP contribution < -0.4 is 5.32 Å². The zero-order chi connectivity index (χ0) is 25.6. The number of alkyl halides is 3. The largest absolute Gasteiger partial charge is 0.392 e. The number of fused-ring (bicyclic) bond motifs is 2. The summed E-state index contributed by atoms with van der Waals surface area (Å²) in [5.74, 6) is -0.357. The third-order valence-corrected chi connectivity index (χ3v) is 6.67. The number of nitrogens with zero attached hydrogens (tertiary/aromatic N) is 6. The van der Waals surface area contributed by atoms with E-state index in [1.165, 1.54) is 0 Å². The molecule has 0 fully saturated rings. The lowest BCUT2D eigenvalue weighted by atomic mass is 9.98. The van der Waals surface area contributed by atoms with Crippen LogP contribution in [0.15, 0.2) is 30.5 Å². The van der Waals surface area contributed by atoms with Crippen molar-refractivity contribution in [3.05, 3.63) is 64.5 Å². The predicted molar refractivity (Wildman–Crippen MR) is 126 cm³/mol. The second-order valence-corrected chi connectivity index (χ2v) is 9.13. The molecular weight excluding hydrogens is 471 g/mol. The molecule has 36 heavy (non-hydrogen) atoms. The van der Waals surface area contributed by atoms with Crippen LogP contribution in [0.2, 0.25) is 0 Å². The number of aryl methyl sites for hydroxylation is 4. The number of halogens is 3. The topological polar surface area (TPSA) is 90.0 Å². The van der Waals surface area contributed by atoms with E-state index in [4.69, 9.17) is 0 Å². The summed E-state index contributed by atoms with van der Waals surface area (Å²) in [5.41, 5.74) is 4.58. The molecule has 0 saturated heterocycles. The highest BCUT2D eigenvalue weighted by molar-refractivity contribution is 5.94. The van der Waals surface area contributed by atoms with Crippen LogP contribution in [0.25, 0.3) is 17.2 Å². The van der Waals surface area contributed by atoms with Crippen molar-refractivity contribution >= 4 is 11.7 Å². The van der Waals surface area contributed by atoms with E-state index in [1.54, 1.807) is 9.08 Å². The Hall–Kier alpha value is -3.76. The van der Waals surface area contributed by atoms with E-state index in [0.717, 1.165) is 16.8 Å². The molecule has 188 valence electrons. The number of carbonyl (C=O) groups excluding carboxylic acids is 1. The zero-order valence-electron chi connectivity index (χ0n) is 20.2. The molecule has 1 aliphatic rings. The fraction of sp³-hybridized carbons (Fsp3) is 0.400. The van der Waals surface area contributed by atoms with Gasteiger partial charge in [0.15, 0.2) is 5.82 Å². The standard InChI is InChI=1S/C25H26F3N7O/c1-4-19-21(34-13-14(2)15(3)30-24(34)31-19)23(36)29-12-16-5-7-17(8-6-16)22-32-20-11-18(25(26,27)28)9-10-35(20)33-22/h5-8,13,18H,4,9-12H2,1-3H3,(H,29,36). The maximum atomic E-state index is 13.1. The third kappa shape index (κ3) is 4.45. The van der Waals surface area contributed by atoms with Crippen LogP contribution in [0.3, 0.4) is 0 Å². The molecule has 4 heterocycles. The van der Waals surface area contributed by atoms with Crippen molar-refractivity contribution in [2.75, 3.05) is 0 Å². The van der Waals surface area contributed by atoms with Crippen molar-refractivity contribution in [2.45, 2.75) is 59.3 Å². The lowest BCUT2D eigenvalue weighted by molar-refractivity contribution is -0.179. The van der Waals surface area contributed by atoms with E-state index in [-0.39, 0.29) is 25.3 Å². The van der Waals surface area contributed by atoms with E-state index in [2.05, 4.69) is 25.4 Å². The zero-order valence-corrected chi connectivity index (χ0v) is 20.2. The van der Waals surface area contributed by atoms with E-state index >= 15 is 0 Å². The number of hydrogen-bond acceptors (Lipinski definition) is 5. The molecule has 1 atom stereocenters. The number of aromatic nitrogens is 6. The van der Waals surface area contributed by atoms with Gasteiger partial charge in [-0.15, -0.1) is 0 Å². The fourth-order valence-electron chi connectivity index (χ4n) is 4.42. The summed E-state index contributed by atoms with van der Waals surface area (Å²) >= 11 is 0. The summed E-state index contributed by atoms with van der Waals surface area (Å²) in [6.45, 7) is 6.30. The Labute approximate surface area is 205 Å². The van der Waals surface area contributed by atoms with Crippen molar-refractivity contribution in [1.82, 2.24) is 34.4 Å². The third-order valence-electron chi connectivity index (χ3n) is 6.67. The van der Waals surface area contributed by atoms with Gasteiger partial charge in [-0.25, -0.2) is 19.6 Å². The van der Waals surface area contributed by atoms with E-state index in [9.17, 15) is 18.0 Å². The number of amides is 1. The molecule has 11 heteroatoms. The molecule has 1 aromatic carbocycles. The highest BCUT2D eigenvalue weighted by Gasteiger charge is 2.42. The SMILES string of the molecule is CCc1nc2nc(C)c(C)cn2c1C(=O)NCc1ccc(-c2nc3n(n2)CCC(C(F)(F)F)C3)cc1. The molecule has 3 aromatic heterocycles. The van der Waals surface area contributed by atoms with Gasteiger partial charge in [-0.05, 0) is 37.8 Å². The summed E-state index contributed by atoms with van der Waals surface area (Å²) in [7, 11) is 0. The van der Waals surface area contributed by atoms with Crippen LogP contribution in [0.5, 0.6) is 0 Å². The van der Waals surface area contributed by atoms with Crippen LogP contribution in [-0.4, -0.2) is 41.2 Å². The van der Waals surface area contributed by atoms with Crippen LogP contribution in [-0.2, 0) is 25.9 Å². The quantitative estimate of drug-likeness (QED) is 0.446. The smallest absolute Gasteiger partial charge is 0.347 e. The normalized spacial score (nSPS) is 15.8. The molecule has 1 aliphatic heterocycles. The summed E-state index contributed by atoms with van der Waals surface area (Å²) in [4.78, 5) is 26.4. The van der Waals surface area contributed by atoms with E-state index in [1.807, 2.05) is 51.2 Å². The monoisotopic (exact) mass is 497 g/mol. The van der Waals surface area contributed by atoms with Gasteiger partial charge in [-0.1, -0.05) is 31.2 Å². The van der Waals surface area contributed by atoms with Crippen LogP contribution in [0, 0.1) is 19.8 Å². The lowest BCUT2D eigenvalue weighted by Gasteiger charge is -2.24. The molecule has 0 saturated carbocycles. The first-order valence-corrected chi connectivity index (χ1v) is 11.9. The average molecular weight is 498 g/mol. The summed E-state index contributed by atoms with van der Waals surface area (Å²) in [5, 5.41) is 7.34. The molecule has 4 aromatic rings. The Morgan fingerprint density at radius 1 is 1.14 bits per heavy atom. The Kier molecular flexibility index (Phi) is 6.01. The number of nitrogens with one attached hydrogen (secondary N) is 1. The summed E-state index contributed by atoms with van der Waals surface area (Å²) in [6.07, 6.45) is -1.89. The van der Waals surface area contributed by atoms with E-state index in [0.29, 0.717) is 47.3 Å². The van der Waals surface area contributed by atoms with Crippen molar-refractivity contribution in [3.8, 4) is 11.4 Å². The molecule has 0 spiro atoms. The Bertz CT molecular complexity index is 1440. The van der Waals surface area contributed by atoms with Gasteiger partial charge in [0.25, 0.3) is 5.91 Å². The van der Waals surface area contributed by atoms with Crippen molar-refractivity contribution in [3.63, 3.8) is 0 Å². The highest BCUT2D eigenvalue weighted by atomic mass is 19.4. The van der Waals surface area contributed by atoms with Gasteiger partial charge in [0.1, 0.15) is 11.5 Å². The van der Waals surface area contributed by atoms with E-state index < -0.39 is 12.1 Å². The highest BCUT2D eigenvalue weighted by Crippen LogP contribution is 2.34. The first-order chi connectivity index (χ1) is 17.1. The first-order valence-electron chi connectivity index (χ1n) is 11.9. The maximum Gasteiger partial charge on any atom is 0.392 e. The molecule has 0 bridgehead atoms. The van der Waals surface area contributed by atoms with Crippen LogP contribution >= 0.6 is 0 Å². The minimum absolute atomic E-state index is 0.0133. The molecule has 0 aliphatic carbocycles. The fourth-order valence-corrected chi connectivity index (χ4v) is 4.42.